The van der Waals surface area contributed by atoms with Gasteiger partial charge in [-0.25, -0.2) is 19.9 Å². The molecule has 0 saturated carbocycles. The van der Waals surface area contributed by atoms with Crippen LogP contribution in [0.1, 0.15) is 44.0 Å². The first kappa shape index (κ1) is 21.6. The third kappa shape index (κ3) is 3.59. The van der Waals surface area contributed by atoms with Crippen molar-refractivity contribution in [2.45, 2.75) is 45.3 Å². The summed E-state index contributed by atoms with van der Waals surface area (Å²) in [6.07, 6.45) is 6.37. The Morgan fingerprint density at radius 1 is 1.21 bits per heavy atom. The van der Waals surface area contributed by atoms with Gasteiger partial charge in [-0.1, -0.05) is 37.6 Å². The Bertz CT molecular complexity index is 1330. The number of aromatic nitrogens is 5. The van der Waals surface area contributed by atoms with Crippen molar-refractivity contribution < 1.29 is 5.11 Å². The minimum atomic E-state index is -0.925. The van der Waals surface area contributed by atoms with Crippen LogP contribution < -0.4 is 11.1 Å². The van der Waals surface area contributed by atoms with Crippen LogP contribution in [0.2, 0.25) is 5.02 Å². The second-order valence-corrected chi connectivity index (χ2v) is 9.51. The lowest BCUT2D eigenvalue weighted by Gasteiger charge is -2.29. The zero-order valence-corrected chi connectivity index (χ0v) is 19.5. The minimum absolute atomic E-state index is 0.299. The van der Waals surface area contributed by atoms with E-state index in [-0.39, 0.29) is 0 Å². The average Bonchev–Trinajstić information content (AvgIpc) is 3.35. The maximum atomic E-state index is 11.0. The first-order chi connectivity index (χ1) is 15.8. The molecule has 4 heterocycles. The fourth-order valence-electron chi connectivity index (χ4n) is 4.42. The maximum absolute atomic E-state index is 11.0. The van der Waals surface area contributed by atoms with Gasteiger partial charge in [0.1, 0.15) is 23.6 Å². The summed E-state index contributed by atoms with van der Waals surface area (Å²) in [5, 5.41) is 14.7. The van der Waals surface area contributed by atoms with E-state index in [1.165, 1.54) is 0 Å². The number of rotatable bonds is 5. The number of aliphatic hydroxyl groups is 1. The van der Waals surface area contributed by atoms with Crippen molar-refractivity contribution >= 4 is 28.9 Å². The number of halogens is 1. The highest BCUT2D eigenvalue weighted by molar-refractivity contribution is 6.30. The molecule has 2 unspecified atom stereocenters. The van der Waals surface area contributed by atoms with E-state index in [1.54, 1.807) is 18.3 Å². The maximum Gasteiger partial charge on any atom is 0.183 e. The molecule has 0 fully saturated rings. The molecular weight excluding hydrogens is 438 g/mol. The minimum Gasteiger partial charge on any atom is -0.383 e. The molecule has 0 aliphatic carbocycles. The summed E-state index contributed by atoms with van der Waals surface area (Å²) >= 11 is 6.06. The molecule has 2 atom stereocenters. The topological polar surface area (TPSA) is 114 Å². The van der Waals surface area contributed by atoms with Gasteiger partial charge in [-0.2, -0.15) is 0 Å². The number of aliphatic hydroxyl groups excluding tert-OH is 1. The van der Waals surface area contributed by atoms with Gasteiger partial charge < -0.3 is 20.6 Å². The number of nitrogen functional groups attached to an aromatic ring is 1. The zero-order valence-electron chi connectivity index (χ0n) is 18.7. The Labute approximate surface area is 196 Å². The summed E-state index contributed by atoms with van der Waals surface area (Å²) in [5.41, 5.74) is 9.49. The van der Waals surface area contributed by atoms with Crippen LogP contribution in [0.4, 0.5) is 11.6 Å². The van der Waals surface area contributed by atoms with Gasteiger partial charge >= 0.3 is 0 Å². The van der Waals surface area contributed by atoms with Gasteiger partial charge in [-0.05, 0) is 43.4 Å². The average molecular weight is 464 g/mol. The van der Waals surface area contributed by atoms with Gasteiger partial charge in [0, 0.05) is 23.6 Å². The second kappa shape index (κ2) is 7.97. The Balaban J connectivity index is 1.61. The highest BCUT2D eigenvalue weighted by atomic mass is 35.5. The molecule has 5 rings (SSSR count). The molecular formula is C24H26ClN7O. The Morgan fingerprint density at radius 3 is 2.70 bits per heavy atom. The van der Waals surface area contributed by atoms with E-state index in [4.69, 9.17) is 27.3 Å². The predicted octanol–water partition coefficient (Wildman–Crippen LogP) is 4.06. The number of fused-ring (bicyclic) bond motifs is 2. The highest BCUT2D eigenvalue weighted by Gasteiger charge is 2.47. The third-order valence-corrected chi connectivity index (χ3v) is 6.60. The quantitative estimate of drug-likeness (QED) is 0.408. The number of nitrogens with zero attached hydrogens (tertiary/aromatic N) is 5. The van der Waals surface area contributed by atoms with Crippen molar-refractivity contribution in [3.63, 3.8) is 0 Å². The molecule has 0 bridgehead atoms. The third-order valence-electron chi connectivity index (χ3n) is 6.35. The number of hydrogen-bond donors (Lipinski definition) is 3. The molecule has 4 N–H and O–H groups in total. The largest absolute Gasteiger partial charge is 0.383 e. The first-order valence-corrected chi connectivity index (χ1v) is 11.4. The molecule has 1 aliphatic rings. The summed E-state index contributed by atoms with van der Waals surface area (Å²) in [4.78, 5) is 18.6. The lowest BCUT2D eigenvalue weighted by Crippen LogP contribution is -2.37. The highest BCUT2D eigenvalue weighted by Crippen LogP contribution is 2.47. The number of aryl methyl sites for hydroxylation is 1. The normalized spacial score (nSPS) is 19.8. The Hall–Kier alpha value is -3.23. The van der Waals surface area contributed by atoms with Crippen molar-refractivity contribution in [3.05, 3.63) is 64.7 Å². The van der Waals surface area contributed by atoms with Crippen LogP contribution >= 0.6 is 11.6 Å². The summed E-state index contributed by atoms with van der Waals surface area (Å²) in [6, 6.07) is 7.35. The molecule has 8 nitrogen and oxygen atoms in total. The van der Waals surface area contributed by atoms with E-state index in [2.05, 4.69) is 29.1 Å². The number of nitrogens with one attached hydrogen (secondary N) is 1. The van der Waals surface area contributed by atoms with Gasteiger partial charge in [0.15, 0.2) is 11.5 Å². The van der Waals surface area contributed by atoms with E-state index in [1.807, 2.05) is 35.9 Å². The molecule has 3 aromatic heterocycles. The van der Waals surface area contributed by atoms with E-state index in [0.717, 1.165) is 29.7 Å². The fourth-order valence-corrected chi connectivity index (χ4v) is 4.54. The molecule has 1 aromatic carbocycles. The molecule has 0 saturated heterocycles. The number of imidazole rings is 1. The van der Waals surface area contributed by atoms with Crippen LogP contribution in [0.3, 0.4) is 0 Å². The Morgan fingerprint density at radius 2 is 1.97 bits per heavy atom. The van der Waals surface area contributed by atoms with Gasteiger partial charge in [-0.3, -0.25) is 0 Å². The lowest BCUT2D eigenvalue weighted by atomic mass is 9.77. The number of nitrogens with two attached hydrogens (primary N) is 1. The van der Waals surface area contributed by atoms with E-state index >= 15 is 0 Å². The molecule has 0 amide bonds. The van der Waals surface area contributed by atoms with Crippen molar-refractivity contribution in [2.75, 3.05) is 11.1 Å². The van der Waals surface area contributed by atoms with Crippen molar-refractivity contribution in [3.8, 4) is 11.5 Å². The first-order valence-electron chi connectivity index (χ1n) is 11.0. The van der Waals surface area contributed by atoms with Gasteiger partial charge in [0.05, 0.1) is 16.7 Å². The lowest BCUT2D eigenvalue weighted by molar-refractivity contribution is 0.149. The summed E-state index contributed by atoms with van der Waals surface area (Å²) < 4.78 is 1.94. The summed E-state index contributed by atoms with van der Waals surface area (Å²) in [6.45, 7) is 6.29. The van der Waals surface area contributed by atoms with E-state index in [9.17, 15) is 5.11 Å². The molecule has 1 aliphatic heterocycles. The summed E-state index contributed by atoms with van der Waals surface area (Å²) in [7, 11) is 0. The molecule has 33 heavy (non-hydrogen) atoms. The van der Waals surface area contributed by atoms with Crippen LogP contribution in [-0.4, -0.2) is 35.7 Å². The van der Waals surface area contributed by atoms with Crippen LogP contribution in [-0.2, 0) is 11.8 Å². The van der Waals surface area contributed by atoms with E-state index < -0.39 is 11.6 Å². The van der Waals surface area contributed by atoms with Crippen LogP contribution in [0.25, 0.3) is 17.2 Å². The molecule has 170 valence electrons. The summed E-state index contributed by atoms with van der Waals surface area (Å²) in [5.74, 6) is 1.74. The molecule has 4 aromatic rings. The number of benzene rings is 1. The zero-order chi connectivity index (χ0) is 23.3. The Kier molecular flexibility index (Phi) is 5.22. The van der Waals surface area contributed by atoms with Crippen LogP contribution in [0, 0.1) is 5.92 Å². The smallest absolute Gasteiger partial charge is 0.183 e. The molecule has 9 heteroatoms. The van der Waals surface area contributed by atoms with Gasteiger partial charge in [-0.15, -0.1) is 0 Å². The van der Waals surface area contributed by atoms with Crippen LogP contribution in [0.5, 0.6) is 0 Å². The predicted molar refractivity (Wildman–Crippen MR) is 129 cm³/mol. The standard InChI is InChI=1S/C24H26ClN7O/c1-13(2)4-9-16-22-27-10-11-32(22)12-17(28-16)20-29-19(26)18-21(30-20)31-23(33)24(18,3)14-5-7-15(25)8-6-14/h5-8,10-13,23,33H,4,9H2,1-3H3,(H3,26,29,30,31). The molecule has 0 radical (unpaired) electrons. The number of anilines is 2. The van der Waals surface area contributed by atoms with E-state index in [0.29, 0.717) is 39.7 Å². The second-order valence-electron chi connectivity index (χ2n) is 9.08. The monoisotopic (exact) mass is 463 g/mol. The van der Waals surface area contributed by atoms with Crippen molar-refractivity contribution in [2.24, 2.45) is 5.92 Å². The number of hydrogen-bond acceptors (Lipinski definition) is 7. The SMILES string of the molecule is CC(C)CCc1nc(-c2nc(N)c3c(n2)NC(O)C3(C)c2ccc(Cl)cc2)cn2ccnc12. The van der Waals surface area contributed by atoms with Crippen molar-refractivity contribution in [1.29, 1.82) is 0 Å². The van der Waals surface area contributed by atoms with Crippen molar-refractivity contribution in [1.82, 2.24) is 24.3 Å². The van der Waals surface area contributed by atoms with Gasteiger partial charge in [0.2, 0.25) is 0 Å². The van der Waals surface area contributed by atoms with Gasteiger partial charge in [0.25, 0.3) is 0 Å². The fraction of sp³-hybridized carbons (Fsp3) is 0.333. The molecule has 0 spiro atoms. The van der Waals surface area contributed by atoms with Crippen LogP contribution in [0.15, 0.2) is 42.9 Å².